The molecule has 1 aliphatic rings. The van der Waals surface area contributed by atoms with Gasteiger partial charge in [0.1, 0.15) is 5.75 Å². The molecule has 0 spiro atoms. The Hall–Kier alpha value is -2.99. The molecular formula is C21H21N5O. The van der Waals surface area contributed by atoms with Crippen LogP contribution in [0.25, 0.3) is 27.8 Å². The molecule has 5 rings (SSSR count). The Morgan fingerprint density at radius 1 is 0.926 bits per heavy atom. The van der Waals surface area contributed by atoms with E-state index in [1.54, 1.807) is 7.11 Å². The van der Waals surface area contributed by atoms with Gasteiger partial charge in [-0.15, -0.1) is 10.2 Å². The number of ether oxygens (including phenoxy) is 1. The van der Waals surface area contributed by atoms with E-state index < -0.39 is 0 Å². The Balaban J connectivity index is 1.68. The molecule has 2 aromatic heterocycles. The van der Waals surface area contributed by atoms with Crippen molar-refractivity contribution in [1.29, 1.82) is 0 Å². The lowest BCUT2D eigenvalue weighted by Crippen LogP contribution is -2.20. The van der Waals surface area contributed by atoms with Gasteiger partial charge in [-0.1, -0.05) is 24.3 Å². The molecule has 0 atom stereocenters. The van der Waals surface area contributed by atoms with Crippen molar-refractivity contribution in [3.8, 4) is 17.1 Å². The van der Waals surface area contributed by atoms with Crippen LogP contribution >= 0.6 is 0 Å². The van der Waals surface area contributed by atoms with E-state index in [9.17, 15) is 0 Å². The van der Waals surface area contributed by atoms with Gasteiger partial charge in [-0.2, -0.15) is 9.61 Å². The van der Waals surface area contributed by atoms with E-state index >= 15 is 0 Å². The molecule has 0 bridgehead atoms. The molecule has 6 nitrogen and oxygen atoms in total. The minimum Gasteiger partial charge on any atom is -0.497 e. The van der Waals surface area contributed by atoms with Gasteiger partial charge in [0, 0.05) is 22.9 Å². The fraction of sp³-hybridized carbons (Fsp3) is 0.286. The summed E-state index contributed by atoms with van der Waals surface area (Å²) < 4.78 is 7.15. The van der Waals surface area contributed by atoms with E-state index in [0.717, 1.165) is 58.9 Å². The van der Waals surface area contributed by atoms with Gasteiger partial charge in [0.15, 0.2) is 11.5 Å². The molecule has 3 heterocycles. The normalized spacial score (nSPS) is 15.0. The molecule has 0 N–H and O–H groups in total. The molecule has 4 aromatic rings. The highest BCUT2D eigenvalue weighted by Gasteiger charge is 2.18. The van der Waals surface area contributed by atoms with Gasteiger partial charge in [-0.25, -0.2) is 0 Å². The van der Waals surface area contributed by atoms with Gasteiger partial charge in [0.2, 0.25) is 0 Å². The van der Waals surface area contributed by atoms with E-state index in [1.165, 1.54) is 12.8 Å². The summed E-state index contributed by atoms with van der Waals surface area (Å²) in [5.74, 6) is 1.57. The van der Waals surface area contributed by atoms with Crippen LogP contribution in [-0.4, -0.2) is 44.9 Å². The summed E-state index contributed by atoms with van der Waals surface area (Å²) in [5, 5.41) is 16.1. The van der Waals surface area contributed by atoms with E-state index in [-0.39, 0.29) is 0 Å². The first-order chi connectivity index (χ1) is 13.3. The lowest BCUT2D eigenvalue weighted by atomic mass is 10.1. The topological polar surface area (TPSA) is 55.6 Å². The number of aromatic nitrogens is 4. The maximum Gasteiger partial charge on any atom is 0.186 e. The molecule has 6 heteroatoms. The fourth-order valence-electron chi connectivity index (χ4n) is 3.84. The van der Waals surface area contributed by atoms with Crippen LogP contribution < -0.4 is 4.74 Å². The average molecular weight is 359 g/mol. The molecule has 27 heavy (non-hydrogen) atoms. The first-order valence-corrected chi connectivity index (χ1v) is 9.33. The Morgan fingerprint density at radius 3 is 2.41 bits per heavy atom. The van der Waals surface area contributed by atoms with Crippen molar-refractivity contribution in [3.05, 3.63) is 54.2 Å². The smallest absolute Gasteiger partial charge is 0.186 e. The Bertz CT molecular complexity index is 1100. The molecule has 1 saturated heterocycles. The zero-order chi connectivity index (χ0) is 18.2. The Kier molecular flexibility index (Phi) is 3.98. The van der Waals surface area contributed by atoms with Crippen molar-refractivity contribution in [2.24, 2.45) is 0 Å². The predicted octanol–water partition coefficient (Wildman–Crippen LogP) is 3.55. The quantitative estimate of drug-likeness (QED) is 0.558. The maximum atomic E-state index is 5.26. The first kappa shape index (κ1) is 16.2. The van der Waals surface area contributed by atoms with Crippen LogP contribution in [0.5, 0.6) is 5.75 Å². The number of nitrogens with zero attached hydrogens (tertiary/aromatic N) is 5. The monoisotopic (exact) mass is 359 g/mol. The Labute approximate surface area is 157 Å². The summed E-state index contributed by atoms with van der Waals surface area (Å²) in [5.41, 5.74) is 2.84. The number of methoxy groups -OCH3 is 1. The van der Waals surface area contributed by atoms with Crippen molar-refractivity contribution in [2.75, 3.05) is 20.2 Å². The highest BCUT2D eigenvalue weighted by Crippen LogP contribution is 2.27. The fourth-order valence-corrected chi connectivity index (χ4v) is 3.84. The third-order valence-electron chi connectivity index (χ3n) is 5.26. The van der Waals surface area contributed by atoms with Crippen molar-refractivity contribution in [2.45, 2.75) is 19.4 Å². The zero-order valence-electron chi connectivity index (χ0n) is 15.3. The molecule has 0 unspecified atom stereocenters. The predicted molar refractivity (Wildman–Crippen MR) is 105 cm³/mol. The third kappa shape index (κ3) is 2.82. The molecule has 2 aromatic carbocycles. The molecule has 136 valence electrons. The summed E-state index contributed by atoms with van der Waals surface area (Å²) in [6, 6.07) is 16.2. The van der Waals surface area contributed by atoms with Gasteiger partial charge >= 0.3 is 0 Å². The van der Waals surface area contributed by atoms with Crippen LogP contribution in [0.3, 0.4) is 0 Å². The van der Waals surface area contributed by atoms with E-state index in [1.807, 2.05) is 34.8 Å². The van der Waals surface area contributed by atoms with E-state index in [4.69, 9.17) is 9.84 Å². The zero-order valence-corrected chi connectivity index (χ0v) is 15.3. The summed E-state index contributed by atoms with van der Waals surface area (Å²) in [7, 11) is 1.67. The SMILES string of the molecule is COc1ccc(-c2nnc3c4ccccc4c(CN4CCCC4)nn23)cc1. The van der Waals surface area contributed by atoms with Crippen LogP contribution in [0, 0.1) is 0 Å². The summed E-state index contributed by atoms with van der Waals surface area (Å²) >= 11 is 0. The minimum absolute atomic E-state index is 0.751. The second-order valence-electron chi connectivity index (χ2n) is 6.96. The van der Waals surface area contributed by atoms with Gasteiger partial charge in [0.05, 0.1) is 12.8 Å². The van der Waals surface area contributed by atoms with Crippen molar-refractivity contribution in [3.63, 3.8) is 0 Å². The van der Waals surface area contributed by atoms with Crippen LogP contribution in [0.1, 0.15) is 18.5 Å². The highest BCUT2D eigenvalue weighted by molar-refractivity contribution is 5.95. The molecular weight excluding hydrogens is 338 g/mol. The van der Waals surface area contributed by atoms with Crippen LogP contribution in [0.4, 0.5) is 0 Å². The summed E-state index contributed by atoms with van der Waals surface area (Å²) in [4.78, 5) is 2.47. The van der Waals surface area contributed by atoms with Crippen molar-refractivity contribution >= 4 is 16.4 Å². The summed E-state index contributed by atoms with van der Waals surface area (Å²) in [6.45, 7) is 3.14. The number of hydrogen-bond acceptors (Lipinski definition) is 5. The number of rotatable bonds is 4. The number of hydrogen-bond donors (Lipinski definition) is 0. The number of fused-ring (bicyclic) bond motifs is 3. The molecule has 0 aliphatic carbocycles. The lowest BCUT2D eigenvalue weighted by Gasteiger charge is -2.16. The average Bonchev–Trinajstić information content (AvgIpc) is 3.38. The third-order valence-corrected chi connectivity index (χ3v) is 5.26. The van der Waals surface area contributed by atoms with Crippen molar-refractivity contribution in [1.82, 2.24) is 24.7 Å². The molecule has 1 fully saturated rings. The lowest BCUT2D eigenvalue weighted by molar-refractivity contribution is 0.327. The molecule has 0 saturated carbocycles. The highest BCUT2D eigenvalue weighted by atomic mass is 16.5. The second kappa shape index (κ2) is 6.63. The van der Waals surface area contributed by atoms with E-state index in [2.05, 4.69) is 33.3 Å². The van der Waals surface area contributed by atoms with Gasteiger partial charge in [-0.05, 0) is 50.2 Å². The van der Waals surface area contributed by atoms with Crippen LogP contribution in [-0.2, 0) is 6.54 Å². The molecule has 0 radical (unpaired) electrons. The van der Waals surface area contributed by atoms with Gasteiger partial charge < -0.3 is 4.74 Å². The molecule has 0 amide bonds. The van der Waals surface area contributed by atoms with Crippen LogP contribution in [0.2, 0.25) is 0 Å². The first-order valence-electron chi connectivity index (χ1n) is 9.33. The second-order valence-corrected chi connectivity index (χ2v) is 6.96. The largest absolute Gasteiger partial charge is 0.497 e. The number of benzene rings is 2. The van der Waals surface area contributed by atoms with Crippen LogP contribution in [0.15, 0.2) is 48.5 Å². The van der Waals surface area contributed by atoms with Gasteiger partial charge in [-0.3, -0.25) is 4.90 Å². The van der Waals surface area contributed by atoms with Gasteiger partial charge in [0.25, 0.3) is 0 Å². The number of likely N-dealkylation sites (tertiary alicyclic amines) is 1. The maximum absolute atomic E-state index is 5.26. The Morgan fingerprint density at radius 2 is 1.67 bits per heavy atom. The minimum atomic E-state index is 0.751. The standard InChI is InChI=1S/C21H21N5O/c1-27-16-10-8-15(9-11-16)20-22-23-21-18-7-3-2-6-17(18)19(24-26(20)21)14-25-12-4-5-13-25/h2-3,6-11H,4-5,12-14H2,1H3. The van der Waals surface area contributed by atoms with Crippen molar-refractivity contribution < 1.29 is 4.74 Å². The summed E-state index contributed by atoms with van der Waals surface area (Å²) in [6.07, 6.45) is 2.54. The molecule has 1 aliphatic heterocycles. The van der Waals surface area contributed by atoms with E-state index in [0.29, 0.717) is 0 Å².